The molecule has 0 radical (unpaired) electrons. The van der Waals surface area contributed by atoms with Crippen LogP contribution < -0.4 is 16.0 Å². The van der Waals surface area contributed by atoms with E-state index in [1.807, 2.05) is 4.90 Å². The van der Waals surface area contributed by atoms with Crippen LogP contribution in [0, 0.1) is 0 Å². The Morgan fingerprint density at radius 2 is 2.21 bits per heavy atom. The average molecular weight is 214 g/mol. The van der Waals surface area contributed by atoms with E-state index >= 15 is 0 Å². The van der Waals surface area contributed by atoms with Gasteiger partial charge >= 0.3 is 6.03 Å². The third-order valence-corrected chi connectivity index (χ3v) is 2.86. The molecule has 0 saturated carbocycles. The fourth-order valence-corrected chi connectivity index (χ4v) is 2.10. The van der Waals surface area contributed by atoms with Crippen LogP contribution in [0.4, 0.5) is 4.79 Å². The molecule has 6 heteroatoms. The van der Waals surface area contributed by atoms with Crippen LogP contribution in [0.15, 0.2) is 0 Å². The molecule has 14 heavy (non-hydrogen) atoms. The number of nitrogens with one attached hydrogen (secondary N) is 3. The average Bonchev–Trinajstić information content (AvgIpc) is 2.58. The molecule has 2 rings (SSSR count). The summed E-state index contributed by atoms with van der Waals surface area (Å²) in [6.07, 6.45) is 2.13. The third kappa shape index (κ3) is 1.50. The van der Waals surface area contributed by atoms with Crippen molar-refractivity contribution in [1.82, 2.24) is 20.9 Å². The van der Waals surface area contributed by atoms with Crippen LogP contribution in [0.3, 0.4) is 0 Å². The molecule has 2 aliphatic heterocycles. The minimum atomic E-state index is -0.128. The van der Waals surface area contributed by atoms with E-state index in [9.17, 15) is 4.79 Å². The summed E-state index contributed by atoms with van der Waals surface area (Å²) in [5.74, 6) is 0. The first-order valence-corrected chi connectivity index (χ1v) is 5.27. The molecule has 0 aliphatic carbocycles. The van der Waals surface area contributed by atoms with Gasteiger partial charge in [0, 0.05) is 6.54 Å². The highest BCUT2D eigenvalue weighted by Gasteiger charge is 2.42. The number of nitrogens with zero attached hydrogens (tertiary/aromatic N) is 1. The van der Waals surface area contributed by atoms with E-state index < -0.39 is 0 Å². The molecule has 2 unspecified atom stereocenters. The Bertz CT molecular complexity index is 270. The molecule has 0 spiro atoms. The number of fused-ring (bicyclic) bond motifs is 1. The third-order valence-electron chi connectivity index (χ3n) is 2.51. The number of carbonyl (C=O) groups excluding carboxylic acids is 1. The normalized spacial score (nSPS) is 29.6. The lowest BCUT2D eigenvalue weighted by atomic mass is 10.3. The van der Waals surface area contributed by atoms with Crippen LogP contribution in [0.1, 0.15) is 19.8 Å². The van der Waals surface area contributed by atoms with Gasteiger partial charge in [0.15, 0.2) is 5.11 Å². The molecule has 2 atom stereocenters. The maximum atomic E-state index is 11.1. The SMILES string of the molecule is CCCCN1C(=S)NC2NC(=O)NC21. The fourth-order valence-electron chi connectivity index (χ4n) is 1.76. The van der Waals surface area contributed by atoms with E-state index in [1.165, 1.54) is 0 Å². The van der Waals surface area contributed by atoms with Crippen LogP contribution in [0.5, 0.6) is 0 Å². The largest absolute Gasteiger partial charge is 0.339 e. The first-order valence-electron chi connectivity index (χ1n) is 4.86. The van der Waals surface area contributed by atoms with Crippen molar-refractivity contribution in [3.63, 3.8) is 0 Å². The summed E-state index contributed by atoms with van der Waals surface area (Å²) < 4.78 is 0. The molecule has 0 bridgehead atoms. The van der Waals surface area contributed by atoms with Gasteiger partial charge in [-0.1, -0.05) is 13.3 Å². The van der Waals surface area contributed by atoms with Crippen molar-refractivity contribution in [1.29, 1.82) is 0 Å². The van der Waals surface area contributed by atoms with Gasteiger partial charge in [0.25, 0.3) is 0 Å². The Morgan fingerprint density at radius 3 is 2.93 bits per heavy atom. The minimum absolute atomic E-state index is 0.0125. The van der Waals surface area contributed by atoms with Crippen molar-refractivity contribution >= 4 is 23.4 Å². The monoisotopic (exact) mass is 214 g/mol. The van der Waals surface area contributed by atoms with Crippen molar-refractivity contribution in [2.75, 3.05) is 6.54 Å². The van der Waals surface area contributed by atoms with E-state index in [2.05, 4.69) is 22.9 Å². The number of carbonyl (C=O) groups is 1. The number of amides is 2. The van der Waals surface area contributed by atoms with Gasteiger partial charge in [0.2, 0.25) is 0 Å². The van der Waals surface area contributed by atoms with Gasteiger partial charge in [0.05, 0.1) is 0 Å². The van der Waals surface area contributed by atoms with Crippen molar-refractivity contribution < 1.29 is 4.79 Å². The van der Waals surface area contributed by atoms with Gasteiger partial charge in [-0.05, 0) is 18.6 Å². The number of unbranched alkanes of at least 4 members (excludes halogenated alkanes) is 1. The zero-order valence-corrected chi connectivity index (χ0v) is 8.86. The van der Waals surface area contributed by atoms with Crippen LogP contribution in [-0.2, 0) is 0 Å². The summed E-state index contributed by atoms with van der Waals surface area (Å²) in [6.45, 7) is 3.03. The van der Waals surface area contributed by atoms with Gasteiger partial charge in [-0.15, -0.1) is 0 Å². The highest BCUT2D eigenvalue weighted by Crippen LogP contribution is 2.14. The second-order valence-corrected chi connectivity index (χ2v) is 3.92. The zero-order chi connectivity index (χ0) is 10.1. The van der Waals surface area contributed by atoms with E-state index in [0.717, 1.165) is 24.5 Å². The molecular weight excluding hydrogens is 200 g/mol. The second-order valence-electron chi connectivity index (χ2n) is 3.54. The van der Waals surface area contributed by atoms with E-state index in [0.29, 0.717) is 0 Å². The molecule has 2 heterocycles. The predicted octanol–water partition coefficient (Wildman–Crippen LogP) is -0.0584. The Hall–Kier alpha value is -1.04. The Morgan fingerprint density at radius 1 is 1.43 bits per heavy atom. The number of hydrogen-bond donors (Lipinski definition) is 3. The Balaban J connectivity index is 2.01. The highest BCUT2D eigenvalue weighted by atomic mass is 32.1. The molecule has 2 saturated heterocycles. The molecule has 78 valence electrons. The lowest BCUT2D eigenvalue weighted by Crippen LogP contribution is -2.43. The molecular formula is C8H14N4OS. The van der Waals surface area contributed by atoms with Gasteiger partial charge in [-0.3, -0.25) is 0 Å². The van der Waals surface area contributed by atoms with Crippen LogP contribution in [0.25, 0.3) is 0 Å². The van der Waals surface area contributed by atoms with Crippen molar-refractivity contribution in [3.8, 4) is 0 Å². The van der Waals surface area contributed by atoms with Gasteiger partial charge in [0.1, 0.15) is 12.3 Å². The lowest BCUT2D eigenvalue weighted by molar-refractivity contribution is 0.242. The van der Waals surface area contributed by atoms with Crippen molar-refractivity contribution in [2.24, 2.45) is 0 Å². The molecule has 5 nitrogen and oxygen atoms in total. The Labute approximate surface area is 88.2 Å². The second kappa shape index (κ2) is 3.61. The number of urea groups is 1. The maximum Gasteiger partial charge on any atom is 0.318 e. The fraction of sp³-hybridized carbons (Fsp3) is 0.750. The highest BCUT2D eigenvalue weighted by molar-refractivity contribution is 7.80. The number of thiocarbonyl (C=S) groups is 1. The van der Waals surface area contributed by atoms with Gasteiger partial charge in [-0.2, -0.15) is 0 Å². The Kier molecular flexibility index (Phi) is 2.45. The van der Waals surface area contributed by atoms with E-state index in [4.69, 9.17) is 12.2 Å². The number of rotatable bonds is 3. The maximum absolute atomic E-state index is 11.1. The molecule has 2 fully saturated rings. The molecule has 0 aromatic heterocycles. The van der Waals surface area contributed by atoms with E-state index in [-0.39, 0.29) is 18.4 Å². The van der Waals surface area contributed by atoms with Crippen molar-refractivity contribution in [2.45, 2.75) is 32.1 Å². The molecule has 2 amide bonds. The first-order chi connectivity index (χ1) is 6.72. The molecule has 2 aliphatic rings. The first kappa shape index (κ1) is 9.51. The van der Waals surface area contributed by atoms with Crippen LogP contribution >= 0.6 is 12.2 Å². The zero-order valence-electron chi connectivity index (χ0n) is 8.04. The summed E-state index contributed by atoms with van der Waals surface area (Å²) in [5, 5.41) is 9.38. The van der Waals surface area contributed by atoms with E-state index in [1.54, 1.807) is 0 Å². The predicted molar refractivity (Wildman–Crippen MR) is 56.6 cm³/mol. The number of hydrogen-bond acceptors (Lipinski definition) is 2. The van der Waals surface area contributed by atoms with Crippen LogP contribution in [0.2, 0.25) is 0 Å². The van der Waals surface area contributed by atoms with Crippen molar-refractivity contribution in [3.05, 3.63) is 0 Å². The summed E-state index contributed by atoms with van der Waals surface area (Å²) in [6, 6.07) is -0.128. The molecule has 0 aromatic carbocycles. The quantitative estimate of drug-likeness (QED) is 0.576. The van der Waals surface area contributed by atoms with Crippen LogP contribution in [-0.4, -0.2) is 34.9 Å². The standard InChI is InChI=1S/C8H14N4OS/c1-2-3-4-12-6-5(10-8(12)14)9-7(13)11-6/h5-6H,2-4H2,1H3,(H,10,14)(H2,9,11,13). The topological polar surface area (TPSA) is 56.4 Å². The summed E-state index contributed by atoms with van der Waals surface area (Å²) in [7, 11) is 0. The molecule has 0 aromatic rings. The lowest BCUT2D eigenvalue weighted by Gasteiger charge is -2.22. The van der Waals surface area contributed by atoms with Gasteiger partial charge < -0.3 is 20.9 Å². The minimum Gasteiger partial charge on any atom is -0.339 e. The van der Waals surface area contributed by atoms with Gasteiger partial charge in [-0.25, -0.2) is 4.79 Å². The smallest absolute Gasteiger partial charge is 0.318 e. The summed E-state index contributed by atoms with van der Waals surface area (Å²) in [5.41, 5.74) is 0. The summed E-state index contributed by atoms with van der Waals surface area (Å²) >= 11 is 5.17. The summed E-state index contributed by atoms with van der Waals surface area (Å²) in [4.78, 5) is 13.1. The molecule has 3 N–H and O–H groups in total.